The molecular weight excluding hydrogens is 294 g/mol. The van der Waals surface area contributed by atoms with Gasteiger partial charge in [0.25, 0.3) is 5.91 Å². The van der Waals surface area contributed by atoms with Crippen LogP contribution in [0, 0.1) is 0 Å². The molecule has 116 valence electrons. The maximum absolute atomic E-state index is 11.9. The smallest absolute Gasteiger partial charge is 0.273 e. The summed E-state index contributed by atoms with van der Waals surface area (Å²) in [5, 5.41) is 15.3. The Morgan fingerprint density at radius 2 is 1.87 bits per heavy atom. The fourth-order valence-electron chi connectivity index (χ4n) is 2.06. The van der Waals surface area contributed by atoms with E-state index in [1.807, 2.05) is 24.3 Å². The number of fused-ring (bicyclic) bond motifs is 1. The minimum Gasteiger partial charge on any atom is -0.505 e. The number of anilines is 1. The number of nitrogens with zero attached hydrogens (tertiary/aromatic N) is 3. The summed E-state index contributed by atoms with van der Waals surface area (Å²) < 4.78 is 0. The quantitative estimate of drug-likeness (QED) is 0.619. The third-order valence-corrected chi connectivity index (χ3v) is 3.17. The zero-order valence-corrected chi connectivity index (χ0v) is 12.2. The number of rotatable bonds is 5. The Kier molecular flexibility index (Phi) is 4.28. The highest BCUT2D eigenvalue weighted by molar-refractivity contribution is 5.94. The third-order valence-electron chi connectivity index (χ3n) is 3.17. The normalized spacial score (nSPS) is 10.4. The van der Waals surface area contributed by atoms with Gasteiger partial charge in [-0.15, -0.1) is 0 Å². The fourth-order valence-corrected chi connectivity index (χ4v) is 2.06. The molecule has 0 aliphatic rings. The Morgan fingerprint density at radius 3 is 2.70 bits per heavy atom. The lowest BCUT2D eigenvalue weighted by molar-refractivity contribution is 0.0947. The first-order valence-electron chi connectivity index (χ1n) is 7.12. The summed E-state index contributed by atoms with van der Waals surface area (Å²) in [4.78, 5) is 24.4. The van der Waals surface area contributed by atoms with Gasteiger partial charge < -0.3 is 15.7 Å². The van der Waals surface area contributed by atoms with E-state index in [0.29, 0.717) is 18.9 Å². The minimum absolute atomic E-state index is 0.0120. The van der Waals surface area contributed by atoms with Gasteiger partial charge in [-0.25, -0.2) is 9.97 Å². The van der Waals surface area contributed by atoms with Crippen molar-refractivity contribution in [1.29, 1.82) is 0 Å². The molecule has 3 aromatic rings. The Balaban J connectivity index is 1.53. The van der Waals surface area contributed by atoms with E-state index in [1.54, 1.807) is 12.3 Å². The Bertz CT molecular complexity index is 837. The van der Waals surface area contributed by atoms with Crippen molar-refractivity contribution < 1.29 is 9.90 Å². The topological polar surface area (TPSA) is 100 Å². The number of nitrogens with one attached hydrogen (secondary N) is 2. The number of pyridine rings is 1. The van der Waals surface area contributed by atoms with Gasteiger partial charge in [0.05, 0.1) is 17.2 Å². The molecule has 0 aliphatic carbocycles. The van der Waals surface area contributed by atoms with Crippen molar-refractivity contribution in [3.63, 3.8) is 0 Å². The van der Waals surface area contributed by atoms with Gasteiger partial charge in [0, 0.05) is 19.3 Å². The van der Waals surface area contributed by atoms with E-state index in [1.165, 1.54) is 12.3 Å². The van der Waals surface area contributed by atoms with Crippen LogP contribution in [0.15, 0.2) is 48.8 Å². The third kappa shape index (κ3) is 3.52. The number of hydrogen-bond acceptors (Lipinski definition) is 6. The van der Waals surface area contributed by atoms with Crippen LogP contribution in [0.2, 0.25) is 0 Å². The van der Waals surface area contributed by atoms with Crippen LogP contribution in [0.4, 0.5) is 5.82 Å². The molecule has 0 saturated heterocycles. The predicted octanol–water partition coefficient (Wildman–Crippen LogP) is 1.57. The number of aromatic hydroxyl groups is 1. The summed E-state index contributed by atoms with van der Waals surface area (Å²) in [6, 6.07) is 10.6. The van der Waals surface area contributed by atoms with Gasteiger partial charge in [0.2, 0.25) is 0 Å². The average molecular weight is 309 g/mol. The molecule has 0 aliphatic heterocycles. The van der Waals surface area contributed by atoms with Crippen molar-refractivity contribution in [2.24, 2.45) is 0 Å². The van der Waals surface area contributed by atoms with Crippen LogP contribution < -0.4 is 10.6 Å². The Labute approximate surface area is 132 Å². The minimum atomic E-state index is -0.422. The van der Waals surface area contributed by atoms with E-state index in [2.05, 4.69) is 25.6 Å². The molecule has 2 heterocycles. The van der Waals surface area contributed by atoms with Gasteiger partial charge in [-0.3, -0.25) is 9.78 Å². The van der Waals surface area contributed by atoms with Gasteiger partial charge in [-0.1, -0.05) is 12.1 Å². The van der Waals surface area contributed by atoms with Crippen molar-refractivity contribution in [1.82, 2.24) is 20.3 Å². The second kappa shape index (κ2) is 6.69. The summed E-state index contributed by atoms with van der Waals surface area (Å²) in [5.41, 5.74) is 1.65. The number of hydrogen-bond donors (Lipinski definition) is 3. The fraction of sp³-hybridized carbons (Fsp3) is 0.125. The molecule has 3 N–H and O–H groups in total. The van der Waals surface area contributed by atoms with Crippen LogP contribution in [0.3, 0.4) is 0 Å². The first kappa shape index (κ1) is 14.7. The lowest BCUT2D eigenvalue weighted by atomic mass is 10.3. The zero-order chi connectivity index (χ0) is 16.1. The monoisotopic (exact) mass is 309 g/mol. The highest BCUT2D eigenvalue weighted by Crippen LogP contribution is 2.12. The van der Waals surface area contributed by atoms with E-state index in [-0.39, 0.29) is 11.4 Å². The molecule has 23 heavy (non-hydrogen) atoms. The standard InChI is InChI=1S/C16H15N5O2/c22-13-6-3-7-18-15(13)16(23)19-9-8-17-14-10-20-11-4-1-2-5-12(11)21-14/h1-7,10,22H,8-9H2,(H,17,21)(H,19,23). The molecule has 0 unspecified atom stereocenters. The number of para-hydroxylation sites is 2. The van der Waals surface area contributed by atoms with Crippen LogP contribution in [0.1, 0.15) is 10.5 Å². The average Bonchev–Trinajstić information content (AvgIpc) is 2.59. The Morgan fingerprint density at radius 1 is 1.04 bits per heavy atom. The highest BCUT2D eigenvalue weighted by Gasteiger charge is 2.10. The highest BCUT2D eigenvalue weighted by atomic mass is 16.3. The molecule has 2 aromatic heterocycles. The second-order valence-electron chi connectivity index (χ2n) is 4.80. The van der Waals surface area contributed by atoms with Gasteiger partial charge in [-0.2, -0.15) is 0 Å². The summed E-state index contributed by atoms with van der Waals surface area (Å²) in [6.07, 6.45) is 3.10. The van der Waals surface area contributed by atoms with Crippen molar-refractivity contribution in [3.8, 4) is 5.75 Å². The maximum atomic E-state index is 11.9. The van der Waals surface area contributed by atoms with E-state index >= 15 is 0 Å². The predicted molar refractivity (Wildman–Crippen MR) is 86.3 cm³/mol. The summed E-state index contributed by atoms with van der Waals surface area (Å²) in [6.45, 7) is 0.843. The molecule has 0 radical (unpaired) electrons. The van der Waals surface area contributed by atoms with Crippen molar-refractivity contribution in [3.05, 3.63) is 54.5 Å². The Hall–Kier alpha value is -3.22. The second-order valence-corrected chi connectivity index (χ2v) is 4.80. The molecule has 1 aromatic carbocycles. The summed E-state index contributed by atoms with van der Waals surface area (Å²) in [7, 11) is 0. The number of carbonyl (C=O) groups is 1. The first-order valence-corrected chi connectivity index (χ1v) is 7.12. The molecule has 0 fully saturated rings. The maximum Gasteiger partial charge on any atom is 0.273 e. The molecule has 0 bridgehead atoms. The molecule has 7 heteroatoms. The van der Waals surface area contributed by atoms with Crippen molar-refractivity contribution >= 4 is 22.8 Å². The summed E-state index contributed by atoms with van der Waals surface area (Å²) in [5.74, 6) is 0.0754. The molecule has 0 saturated carbocycles. The van der Waals surface area contributed by atoms with Crippen molar-refractivity contribution in [2.45, 2.75) is 0 Å². The zero-order valence-electron chi connectivity index (χ0n) is 12.2. The number of aromatic nitrogens is 3. The molecule has 1 amide bonds. The van der Waals surface area contributed by atoms with Crippen LogP contribution in [0.5, 0.6) is 5.75 Å². The molecule has 0 atom stereocenters. The number of benzene rings is 1. The van der Waals surface area contributed by atoms with Gasteiger partial charge >= 0.3 is 0 Å². The van der Waals surface area contributed by atoms with Crippen LogP contribution in [-0.4, -0.2) is 39.1 Å². The van der Waals surface area contributed by atoms with Crippen LogP contribution in [0.25, 0.3) is 11.0 Å². The van der Waals surface area contributed by atoms with E-state index in [9.17, 15) is 9.90 Å². The van der Waals surface area contributed by atoms with E-state index in [4.69, 9.17) is 0 Å². The lowest BCUT2D eigenvalue weighted by Crippen LogP contribution is -2.29. The van der Waals surface area contributed by atoms with Gasteiger partial charge in [0.1, 0.15) is 11.6 Å². The number of carbonyl (C=O) groups excluding carboxylic acids is 1. The van der Waals surface area contributed by atoms with Gasteiger partial charge in [0.15, 0.2) is 5.69 Å². The van der Waals surface area contributed by atoms with Crippen molar-refractivity contribution in [2.75, 3.05) is 18.4 Å². The van der Waals surface area contributed by atoms with E-state index < -0.39 is 5.91 Å². The van der Waals surface area contributed by atoms with Crippen LogP contribution >= 0.6 is 0 Å². The SMILES string of the molecule is O=C(NCCNc1cnc2ccccc2n1)c1ncccc1O. The summed E-state index contributed by atoms with van der Waals surface area (Å²) >= 11 is 0. The van der Waals surface area contributed by atoms with Gasteiger partial charge in [-0.05, 0) is 24.3 Å². The lowest BCUT2D eigenvalue weighted by Gasteiger charge is -2.08. The number of amides is 1. The molecule has 3 rings (SSSR count). The molecular formula is C16H15N5O2. The molecule has 0 spiro atoms. The van der Waals surface area contributed by atoms with Crippen LogP contribution in [-0.2, 0) is 0 Å². The van der Waals surface area contributed by atoms with E-state index in [0.717, 1.165) is 11.0 Å². The first-order chi connectivity index (χ1) is 11.2. The largest absolute Gasteiger partial charge is 0.505 e. The molecule has 7 nitrogen and oxygen atoms in total.